The Morgan fingerprint density at radius 1 is 1.50 bits per heavy atom. The maximum Gasteiger partial charge on any atom is 0.347 e. The van der Waals surface area contributed by atoms with E-state index in [1.165, 1.54) is 0 Å². The molecule has 1 saturated carbocycles. The Morgan fingerprint density at radius 2 is 2.15 bits per heavy atom. The quantitative estimate of drug-likeness (QED) is 0.809. The van der Waals surface area contributed by atoms with Crippen LogP contribution < -0.4 is 4.72 Å². The van der Waals surface area contributed by atoms with Gasteiger partial charge in [0.15, 0.2) is 0 Å². The van der Waals surface area contributed by atoms with Crippen molar-refractivity contribution in [3.8, 4) is 0 Å². The van der Waals surface area contributed by atoms with E-state index in [4.69, 9.17) is 5.11 Å². The Morgan fingerprint density at radius 3 is 2.65 bits per heavy atom. The molecule has 2 N–H and O–H groups in total. The third-order valence-corrected chi connectivity index (χ3v) is 6.56. The van der Waals surface area contributed by atoms with E-state index in [1.54, 1.807) is 12.3 Å². The summed E-state index contributed by atoms with van der Waals surface area (Å²) in [5.74, 6) is -1.20. The molecule has 1 aliphatic carbocycles. The molecule has 0 atom stereocenters. The van der Waals surface area contributed by atoms with Crippen LogP contribution in [0.1, 0.15) is 47.8 Å². The van der Waals surface area contributed by atoms with Gasteiger partial charge in [0.25, 0.3) is 0 Å². The van der Waals surface area contributed by atoms with Gasteiger partial charge in [-0.1, -0.05) is 13.3 Å². The van der Waals surface area contributed by atoms with Crippen molar-refractivity contribution in [1.29, 1.82) is 0 Å². The summed E-state index contributed by atoms with van der Waals surface area (Å²) in [6.45, 7) is 4.11. The van der Waals surface area contributed by atoms with Crippen molar-refractivity contribution in [3.05, 3.63) is 15.8 Å². The molecule has 20 heavy (non-hydrogen) atoms. The predicted octanol–water partition coefficient (Wildman–Crippen LogP) is 2.61. The van der Waals surface area contributed by atoms with Crippen LogP contribution in [-0.4, -0.2) is 26.0 Å². The molecule has 0 radical (unpaired) electrons. The van der Waals surface area contributed by atoms with E-state index in [0.29, 0.717) is 12.1 Å². The van der Waals surface area contributed by atoms with E-state index in [9.17, 15) is 13.2 Å². The van der Waals surface area contributed by atoms with Crippen LogP contribution in [0, 0.1) is 12.3 Å². The third-order valence-electron chi connectivity index (χ3n) is 3.76. The first-order valence-electron chi connectivity index (χ1n) is 6.62. The van der Waals surface area contributed by atoms with Crippen molar-refractivity contribution in [2.75, 3.05) is 6.54 Å². The number of sulfonamides is 1. The van der Waals surface area contributed by atoms with E-state index in [2.05, 4.69) is 11.6 Å². The lowest BCUT2D eigenvalue weighted by molar-refractivity contribution is 0.0698. The molecule has 0 aromatic carbocycles. The predicted molar refractivity (Wildman–Crippen MR) is 77.8 cm³/mol. The number of rotatable bonds is 7. The van der Waals surface area contributed by atoms with Gasteiger partial charge in [-0.2, -0.15) is 0 Å². The number of nitrogens with one attached hydrogen (secondary N) is 1. The smallest absolute Gasteiger partial charge is 0.347 e. The maximum absolute atomic E-state index is 12.4. The van der Waals surface area contributed by atoms with E-state index in [0.717, 1.165) is 37.0 Å². The highest BCUT2D eigenvalue weighted by Crippen LogP contribution is 2.49. The number of thiophene rings is 1. The molecule has 112 valence electrons. The number of carboxylic acids is 1. The van der Waals surface area contributed by atoms with Crippen LogP contribution in [0.4, 0.5) is 0 Å². The van der Waals surface area contributed by atoms with Crippen LogP contribution in [0.2, 0.25) is 0 Å². The Hall–Kier alpha value is -0.920. The number of aromatic carboxylic acids is 1. The van der Waals surface area contributed by atoms with Gasteiger partial charge in [-0.3, -0.25) is 0 Å². The molecule has 0 unspecified atom stereocenters. The van der Waals surface area contributed by atoms with Crippen LogP contribution in [0.3, 0.4) is 0 Å². The highest BCUT2D eigenvalue weighted by atomic mass is 32.2. The number of hydrogen-bond donors (Lipinski definition) is 2. The molecular weight excluding hydrogens is 298 g/mol. The van der Waals surface area contributed by atoms with Crippen molar-refractivity contribution in [2.24, 2.45) is 5.41 Å². The summed E-state index contributed by atoms with van der Waals surface area (Å²) in [5.41, 5.74) is 0.579. The Bertz CT molecular complexity index is 614. The first kappa shape index (κ1) is 15.5. The van der Waals surface area contributed by atoms with Gasteiger partial charge in [0.05, 0.1) is 0 Å². The normalized spacial score (nSPS) is 17.1. The molecule has 1 heterocycles. The summed E-state index contributed by atoms with van der Waals surface area (Å²) in [5, 5.41) is 10.7. The second-order valence-corrected chi connectivity index (χ2v) is 8.04. The zero-order valence-electron chi connectivity index (χ0n) is 11.6. The molecule has 0 aliphatic heterocycles. The first-order chi connectivity index (χ1) is 9.31. The standard InChI is InChI=1S/C13H19NO4S2/c1-3-4-13(5-6-13)8-14-20(17,18)11-9(2)7-19-10(11)12(15)16/h7,14H,3-6,8H2,1-2H3,(H,15,16). The fourth-order valence-corrected chi connectivity index (χ4v) is 5.24. The second kappa shape index (κ2) is 5.46. The largest absolute Gasteiger partial charge is 0.477 e. The summed E-state index contributed by atoms with van der Waals surface area (Å²) >= 11 is 0.952. The lowest BCUT2D eigenvalue weighted by Crippen LogP contribution is -2.31. The molecule has 2 rings (SSSR count). The second-order valence-electron chi connectivity index (χ2n) is 5.46. The van der Waals surface area contributed by atoms with Crippen molar-refractivity contribution in [1.82, 2.24) is 4.72 Å². The minimum Gasteiger partial charge on any atom is -0.477 e. The summed E-state index contributed by atoms with van der Waals surface area (Å²) in [6, 6.07) is 0. The Balaban J connectivity index is 2.19. The van der Waals surface area contributed by atoms with Gasteiger partial charge in [-0.15, -0.1) is 11.3 Å². The topological polar surface area (TPSA) is 83.5 Å². The monoisotopic (exact) mass is 317 g/mol. The van der Waals surface area contributed by atoms with Crippen LogP contribution in [0.15, 0.2) is 10.3 Å². The molecule has 1 fully saturated rings. The summed E-state index contributed by atoms with van der Waals surface area (Å²) in [6.07, 6.45) is 4.11. The van der Waals surface area contributed by atoms with Crippen LogP contribution in [0.25, 0.3) is 0 Å². The fraction of sp³-hybridized carbons (Fsp3) is 0.615. The fourth-order valence-electron chi connectivity index (χ4n) is 2.46. The molecule has 0 bridgehead atoms. The van der Waals surface area contributed by atoms with E-state index in [-0.39, 0.29) is 15.2 Å². The van der Waals surface area contributed by atoms with Gasteiger partial charge < -0.3 is 5.11 Å². The van der Waals surface area contributed by atoms with Gasteiger partial charge >= 0.3 is 5.97 Å². The highest BCUT2D eigenvalue weighted by molar-refractivity contribution is 7.89. The lowest BCUT2D eigenvalue weighted by Gasteiger charge is -2.15. The zero-order valence-corrected chi connectivity index (χ0v) is 13.2. The van der Waals surface area contributed by atoms with Gasteiger partial charge in [0, 0.05) is 6.54 Å². The number of carboxylic acid groups (broad SMARTS) is 1. The van der Waals surface area contributed by atoms with E-state index < -0.39 is 16.0 Å². The summed E-state index contributed by atoms with van der Waals surface area (Å²) < 4.78 is 27.3. The van der Waals surface area contributed by atoms with E-state index in [1.807, 2.05) is 0 Å². The third kappa shape index (κ3) is 3.05. The van der Waals surface area contributed by atoms with Crippen LogP contribution >= 0.6 is 11.3 Å². The molecule has 5 nitrogen and oxygen atoms in total. The first-order valence-corrected chi connectivity index (χ1v) is 8.99. The van der Waals surface area contributed by atoms with Gasteiger partial charge in [-0.05, 0) is 42.5 Å². The number of carbonyl (C=O) groups is 1. The molecule has 1 aliphatic rings. The molecule has 1 aromatic rings. The zero-order chi connectivity index (χ0) is 15.0. The number of aryl methyl sites for hydroxylation is 1. The SMILES string of the molecule is CCCC1(CNS(=O)(=O)c2c(C)csc2C(=O)O)CC1. The van der Waals surface area contributed by atoms with Crippen LogP contribution in [0.5, 0.6) is 0 Å². The van der Waals surface area contributed by atoms with Crippen molar-refractivity contribution < 1.29 is 18.3 Å². The molecule has 0 amide bonds. The minimum atomic E-state index is -3.76. The Kier molecular flexibility index (Phi) is 4.22. The van der Waals surface area contributed by atoms with Crippen molar-refractivity contribution in [3.63, 3.8) is 0 Å². The molecule has 0 saturated heterocycles. The van der Waals surface area contributed by atoms with Crippen molar-refractivity contribution in [2.45, 2.75) is 44.4 Å². The van der Waals surface area contributed by atoms with Gasteiger partial charge in [-0.25, -0.2) is 17.9 Å². The lowest BCUT2D eigenvalue weighted by atomic mass is 10.0. The molecule has 0 spiro atoms. The molecule has 7 heteroatoms. The summed E-state index contributed by atoms with van der Waals surface area (Å²) in [4.78, 5) is 10.9. The minimum absolute atomic E-state index is 0.0812. The maximum atomic E-state index is 12.4. The number of hydrogen-bond acceptors (Lipinski definition) is 4. The van der Waals surface area contributed by atoms with Gasteiger partial charge in [0.1, 0.15) is 9.77 Å². The highest BCUT2D eigenvalue weighted by Gasteiger charge is 2.42. The van der Waals surface area contributed by atoms with Crippen molar-refractivity contribution >= 4 is 27.3 Å². The van der Waals surface area contributed by atoms with Gasteiger partial charge in [0.2, 0.25) is 10.0 Å². The Labute approximate surface area is 123 Å². The van der Waals surface area contributed by atoms with E-state index >= 15 is 0 Å². The molecular formula is C13H19NO4S2. The average Bonchev–Trinajstić information content (AvgIpc) is 3.00. The van der Waals surface area contributed by atoms with Crippen LogP contribution in [-0.2, 0) is 10.0 Å². The average molecular weight is 317 g/mol. The summed E-state index contributed by atoms with van der Waals surface area (Å²) in [7, 11) is -3.76. The molecule has 1 aromatic heterocycles.